The predicted octanol–water partition coefficient (Wildman–Crippen LogP) is 14.9. The Morgan fingerprint density at radius 2 is 0.960 bits per heavy atom. The fourth-order valence-corrected chi connectivity index (χ4v) is 7.19. The first-order valence-corrected chi connectivity index (χ1v) is 22.1. The van der Waals surface area contributed by atoms with E-state index in [1.165, 1.54) is 148 Å². The second-order valence-electron chi connectivity index (χ2n) is 15.8. The van der Waals surface area contributed by atoms with Gasteiger partial charge in [0.1, 0.15) is 0 Å². The molecule has 0 bridgehead atoms. The molecule has 50 heavy (non-hydrogen) atoms. The summed E-state index contributed by atoms with van der Waals surface area (Å²) in [4.78, 5) is 2.35. The van der Waals surface area contributed by atoms with Crippen molar-refractivity contribution in [1.82, 2.24) is 4.90 Å². The minimum absolute atomic E-state index is 0.247. The van der Waals surface area contributed by atoms with Crippen molar-refractivity contribution in [1.29, 1.82) is 0 Å². The highest BCUT2D eigenvalue weighted by atomic mass is 16.7. The van der Waals surface area contributed by atoms with Gasteiger partial charge < -0.3 is 14.4 Å². The van der Waals surface area contributed by atoms with Gasteiger partial charge in [0.05, 0.1) is 12.7 Å². The lowest BCUT2D eigenvalue weighted by molar-refractivity contribution is -0.185. The van der Waals surface area contributed by atoms with Gasteiger partial charge in [-0.05, 0) is 110 Å². The number of unbranched alkanes of at least 4 members (excludes halogenated alkanes) is 18. The molecule has 3 atom stereocenters. The predicted molar refractivity (Wildman–Crippen MR) is 223 cm³/mol. The molecule has 0 aromatic heterocycles. The normalized spacial score (nSPS) is 17.9. The van der Waals surface area contributed by atoms with Crippen LogP contribution in [0, 0.1) is 5.92 Å². The Balaban J connectivity index is 2.34. The Labute approximate surface area is 314 Å². The van der Waals surface area contributed by atoms with Crippen molar-refractivity contribution in [3.63, 3.8) is 0 Å². The Kier molecular flexibility index (Phi) is 31.5. The molecular weight excluding hydrogens is 611 g/mol. The van der Waals surface area contributed by atoms with Crippen LogP contribution in [-0.2, 0) is 9.47 Å². The molecule has 1 aliphatic heterocycles. The van der Waals surface area contributed by atoms with Crippen molar-refractivity contribution in [2.45, 2.75) is 225 Å². The SMILES string of the molecule is CCCCC/C=C\C/C=C\CCCCCCCCC1(CCCCCCCC/C=C\C/C=C\CCCCC)OCC(C(CC)CC(C)N(C)C)O1. The van der Waals surface area contributed by atoms with Crippen molar-refractivity contribution in [3.8, 4) is 0 Å². The zero-order valence-electron chi connectivity index (χ0n) is 34.6. The number of hydrogen-bond donors (Lipinski definition) is 0. The third kappa shape index (κ3) is 25.7. The smallest absolute Gasteiger partial charge is 0.168 e. The monoisotopic (exact) mass is 698 g/mol. The Bertz CT molecular complexity index is 794. The molecule has 1 saturated heterocycles. The summed E-state index contributed by atoms with van der Waals surface area (Å²) in [6.07, 6.45) is 54.6. The maximum absolute atomic E-state index is 6.97. The van der Waals surface area contributed by atoms with E-state index in [0.717, 1.165) is 38.7 Å². The van der Waals surface area contributed by atoms with E-state index in [-0.39, 0.29) is 11.9 Å². The first-order chi connectivity index (χ1) is 24.5. The standard InChI is InChI=1S/C47H87NO2/c1-7-10-12-14-16-18-20-22-24-26-28-30-32-34-36-38-40-47(49-43-46(50-47)45(9-3)42-44(4)48(5)6)41-39-37-35-33-31-29-27-25-23-21-19-17-15-13-11-8-2/h16-19,22-25,44-46H,7-15,20-21,26-43H2,1-6H3/b18-16-,19-17-,24-22-,25-23-. The molecule has 0 radical (unpaired) electrons. The molecule has 3 nitrogen and oxygen atoms in total. The highest BCUT2D eigenvalue weighted by Gasteiger charge is 2.43. The zero-order chi connectivity index (χ0) is 36.4. The van der Waals surface area contributed by atoms with Crippen LogP contribution in [0.3, 0.4) is 0 Å². The van der Waals surface area contributed by atoms with Gasteiger partial charge in [0.15, 0.2) is 5.79 Å². The van der Waals surface area contributed by atoms with Crippen molar-refractivity contribution in [2.24, 2.45) is 5.92 Å². The molecule has 1 heterocycles. The molecule has 0 aromatic carbocycles. The summed E-state index contributed by atoms with van der Waals surface area (Å²) in [5.41, 5.74) is 0. The van der Waals surface area contributed by atoms with Crippen molar-refractivity contribution in [2.75, 3.05) is 20.7 Å². The largest absolute Gasteiger partial charge is 0.347 e. The van der Waals surface area contributed by atoms with Crippen LogP contribution in [-0.4, -0.2) is 43.5 Å². The Morgan fingerprint density at radius 3 is 1.36 bits per heavy atom. The fourth-order valence-electron chi connectivity index (χ4n) is 7.19. The number of rotatable bonds is 35. The molecule has 0 saturated carbocycles. The van der Waals surface area contributed by atoms with Crippen LogP contribution in [0.4, 0.5) is 0 Å². The highest BCUT2D eigenvalue weighted by molar-refractivity contribution is 4.93. The molecule has 1 aliphatic rings. The zero-order valence-corrected chi connectivity index (χ0v) is 34.6. The van der Waals surface area contributed by atoms with Gasteiger partial charge in [0.25, 0.3) is 0 Å². The summed E-state index contributed by atoms with van der Waals surface area (Å²) in [6.45, 7) is 10.0. The van der Waals surface area contributed by atoms with Crippen LogP contribution < -0.4 is 0 Å². The topological polar surface area (TPSA) is 21.7 Å². The average molecular weight is 698 g/mol. The van der Waals surface area contributed by atoms with E-state index in [9.17, 15) is 0 Å². The Morgan fingerprint density at radius 1 is 0.560 bits per heavy atom. The summed E-state index contributed by atoms with van der Waals surface area (Å²) in [7, 11) is 4.40. The van der Waals surface area contributed by atoms with Crippen molar-refractivity contribution in [3.05, 3.63) is 48.6 Å². The van der Waals surface area contributed by atoms with E-state index in [0.29, 0.717) is 12.0 Å². The quantitative estimate of drug-likeness (QED) is 0.0486. The van der Waals surface area contributed by atoms with E-state index in [1.54, 1.807) is 0 Å². The molecule has 0 spiro atoms. The average Bonchev–Trinajstić information content (AvgIpc) is 3.53. The molecule has 0 N–H and O–H groups in total. The second-order valence-corrected chi connectivity index (χ2v) is 15.8. The molecular formula is C47H87NO2. The van der Waals surface area contributed by atoms with Crippen LogP contribution in [0.5, 0.6) is 0 Å². The van der Waals surface area contributed by atoms with Gasteiger partial charge in [-0.3, -0.25) is 0 Å². The molecule has 1 rings (SSSR count). The number of ether oxygens (including phenoxy) is 2. The number of nitrogens with zero attached hydrogens (tertiary/aromatic N) is 1. The van der Waals surface area contributed by atoms with E-state index >= 15 is 0 Å². The van der Waals surface area contributed by atoms with Crippen LogP contribution in [0.15, 0.2) is 48.6 Å². The summed E-state index contributed by atoms with van der Waals surface area (Å²) in [5, 5.41) is 0. The third-order valence-corrected chi connectivity index (χ3v) is 11.0. The summed E-state index contributed by atoms with van der Waals surface area (Å²) >= 11 is 0. The van der Waals surface area contributed by atoms with Gasteiger partial charge in [-0.25, -0.2) is 0 Å². The van der Waals surface area contributed by atoms with E-state index in [1.807, 2.05) is 0 Å². The molecule has 0 aliphatic carbocycles. The third-order valence-electron chi connectivity index (χ3n) is 11.0. The first kappa shape index (κ1) is 46.9. The first-order valence-electron chi connectivity index (χ1n) is 22.1. The van der Waals surface area contributed by atoms with E-state index in [2.05, 4.69) is 95.3 Å². The maximum atomic E-state index is 6.97. The lowest BCUT2D eigenvalue weighted by atomic mass is 9.92. The van der Waals surface area contributed by atoms with Gasteiger partial charge in [0, 0.05) is 18.9 Å². The molecule has 3 heteroatoms. The van der Waals surface area contributed by atoms with Crippen LogP contribution in [0.2, 0.25) is 0 Å². The Hall–Kier alpha value is -1.16. The van der Waals surface area contributed by atoms with Gasteiger partial charge in [-0.15, -0.1) is 0 Å². The van der Waals surface area contributed by atoms with E-state index in [4.69, 9.17) is 9.47 Å². The number of hydrogen-bond acceptors (Lipinski definition) is 3. The maximum Gasteiger partial charge on any atom is 0.168 e. The molecule has 292 valence electrons. The summed E-state index contributed by atoms with van der Waals surface area (Å²) in [6, 6.07) is 0.568. The molecule has 1 fully saturated rings. The molecule has 3 unspecified atom stereocenters. The van der Waals surface area contributed by atoms with Gasteiger partial charge in [0.2, 0.25) is 0 Å². The van der Waals surface area contributed by atoms with Gasteiger partial charge >= 0.3 is 0 Å². The minimum Gasteiger partial charge on any atom is -0.347 e. The van der Waals surface area contributed by atoms with Crippen molar-refractivity contribution >= 4 is 0 Å². The highest BCUT2D eigenvalue weighted by Crippen LogP contribution is 2.38. The minimum atomic E-state index is -0.343. The van der Waals surface area contributed by atoms with Crippen LogP contribution >= 0.6 is 0 Å². The lowest BCUT2D eigenvalue weighted by Gasteiger charge is -2.31. The van der Waals surface area contributed by atoms with Gasteiger partial charge in [-0.1, -0.05) is 153 Å². The van der Waals surface area contributed by atoms with E-state index < -0.39 is 0 Å². The summed E-state index contributed by atoms with van der Waals surface area (Å²) < 4.78 is 13.6. The number of allylic oxidation sites excluding steroid dienone is 8. The molecule has 0 amide bonds. The van der Waals surface area contributed by atoms with Gasteiger partial charge in [-0.2, -0.15) is 0 Å². The van der Waals surface area contributed by atoms with Crippen LogP contribution in [0.1, 0.15) is 207 Å². The fraction of sp³-hybridized carbons (Fsp3) is 0.830. The molecule has 0 aromatic rings. The summed E-state index contributed by atoms with van der Waals surface area (Å²) in [5.74, 6) is 0.227. The second kappa shape index (κ2) is 33.7. The lowest BCUT2D eigenvalue weighted by Crippen LogP contribution is -2.35. The van der Waals surface area contributed by atoms with Crippen molar-refractivity contribution < 1.29 is 9.47 Å². The van der Waals surface area contributed by atoms with Crippen LogP contribution in [0.25, 0.3) is 0 Å².